The fourth-order valence-corrected chi connectivity index (χ4v) is 0. The molecule has 4 N–H and O–H groups in total. The number of nitrogens with two attached hydrogens (primary N) is 2. The SMILES string of the molecule is C.CC(C)=O.CN=C(N)N.CS(C)(=O)=O. The molecule has 0 aromatic heterocycles. The molecule has 0 atom stereocenters. The summed E-state index contributed by atoms with van der Waals surface area (Å²) in [6.07, 6.45) is 2.32. The third-order valence-corrected chi connectivity index (χ3v) is 0.258. The topological polar surface area (TPSA) is 116 Å². The van der Waals surface area contributed by atoms with E-state index in [9.17, 15) is 13.2 Å². The summed E-state index contributed by atoms with van der Waals surface area (Å²) >= 11 is 0. The van der Waals surface area contributed by atoms with E-state index in [2.05, 4.69) is 4.99 Å². The molecule has 0 aliphatic heterocycles. The van der Waals surface area contributed by atoms with Crippen molar-refractivity contribution in [2.75, 3.05) is 19.6 Å². The standard InChI is InChI=1S/C3H6O.C2H7N3.C2H6O2S.CH4/c1-3(2)4;1-5-2(3)4;1-5(2,3)4;/h1-2H3;1H3,(H4,3,4,5);1-2H3;1H4. The predicted molar refractivity (Wildman–Crippen MR) is 65.6 cm³/mol. The zero-order valence-corrected chi connectivity index (χ0v) is 10.1. The molecule has 6 nitrogen and oxygen atoms in total. The van der Waals surface area contributed by atoms with Crippen molar-refractivity contribution < 1.29 is 13.2 Å². The number of hydrogen-bond acceptors (Lipinski definition) is 4. The molecule has 0 aromatic rings. The highest BCUT2D eigenvalue weighted by atomic mass is 32.2. The van der Waals surface area contributed by atoms with E-state index in [0.717, 1.165) is 12.5 Å². The zero-order valence-electron chi connectivity index (χ0n) is 9.23. The lowest BCUT2D eigenvalue weighted by Gasteiger charge is -1.77. The Balaban J connectivity index is -0.0000000590. The molecule has 0 saturated heterocycles. The number of carbonyl (C=O) groups is 1. The maximum atomic E-state index is 9.63. The van der Waals surface area contributed by atoms with Crippen molar-refractivity contribution in [3.8, 4) is 0 Å². The Hall–Kier alpha value is -1.11. The van der Waals surface area contributed by atoms with Gasteiger partial charge < -0.3 is 16.3 Å². The van der Waals surface area contributed by atoms with E-state index < -0.39 is 9.84 Å². The van der Waals surface area contributed by atoms with Crippen molar-refractivity contribution in [2.24, 2.45) is 16.5 Å². The Kier molecular flexibility index (Phi) is 20.3. The number of rotatable bonds is 0. The van der Waals surface area contributed by atoms with Gasteiger partial charge in [-0.2, -0.15) is 0 Å². The molecule has 0 radical (unpaired) electrons. The lowest BCUT2D eigenvalue weighted by atomic mass is 10.6. The van der Waals surface area contributed by atoms with Crippen LogP contribution in [-0.2, 0) is 14.6 Å². The summed E-state index contributed by atoms with van der Waals surface area (Å²) in [6.45, 7) is 3.06. The van der Waals surface area contributed by atoms with Crippen LogP contribution < -0.4 is 11.5 Å². The number of hydrogen-bond donors (Lipinski definition) is 2. The van der Waals surface area contributed by atoms with E-state index in [-0.39, 0.29) is 19.2 Å². The van der Waals surface area contributed by atoms with Crippen molar-refractivity contribution in [3.05, 3.63) is 0 Å². The second kappa shape index (κ2) is 12.9. The van der Waals surface area contributed by atoms with E-state index in [1.54, 1.807) is 0 Å². The summed E-state index contributed by atoms with van der Waals surface area (Å²) in [7, 11) is -1.13. The number of guanidine groups is 1. The van der Waals surface area contributed by atoms with Gasteiger partial charge in [-0.25, -0.2) is 8.42 Å². The van der Waals surface area contributed by atoms with Crippen molar-refractivity contribution in [2.45, 2.75) is 21.3 Å². The summed E-state index contributed by atoms with van der Waals surface area (Å²) < 4.78 is 19.3. The molecule has 0 amide bonds. The van der Waals surface area contributed by atoms with E-state index >= 15 is 0 Å². The quantitative estimate of drug-likeness (QED) is 0.449. The maximum absolute atomic E-state index is 9.63. The normalized spacial score (nSPS) is 7.80. The fourth-order valence-electron chi connectivity index (χ4n) is 0. The first-order valence-corrected chi connectivity index (χ1v) is 5.90. The van der Waals surface area contributed by atoms with Gasteiger partial charge >= 0.3 is 0 Å². The first-order valence-electron chi connectivity index (χ1n) is 3.60. The molecule has 0 aliphatic rings. The average Bonchev–Trinajstić information content (AvgIpc) is 1.82. The van der Waals surface area contributed by atoms with Crippen LogP contribution in [0.25, 0.3) is 0 Å². The highest BCUT2D eigenvalue weighted by Crippen LogP contribution is 1.61. The molecule has 0 saturated carbocycles. The first kappa shape index (κ1) is 23.6. The number of nitrogens with zero attached hydrogens (tertiary/aromatic N) is 1. The van der Waals surface area contributed by atoms with Crippen LogP contribution in [0.3, 0.4) is 0 Å². The Morgan fingerprint density at radius 2 is 1.20 bits per heavy atom. The van der Waals surface area contributed by atoms with Gasteiger partial charge in [0.25, 0.3) is 0 Å². The van der Waals surface area contributed by atoms with Crippen molar-refractivity contribution in [1.82, 2.24) is 0 Å². The van der Waals surface area contributed by atoms with Crippen LogP contribution in [-0.4, -0.2) is 39.7 Å². The van der Waals surface area contributed by atoms with E-state index in [0.29, 0.717) is 0 Å². The van der Waals surface area contributed by atoms with E-state index in [4.69, 9.17) is 11.5 Å². The smallest absolute Gasteiger partial charge is 0.185 e. The Bertz CT molecular complexity index is 255. The molecule has 0 heterocycles. The van der Waals surface area contributed by atoms with Crippen LogP contribution in [0.5, 0.6) is 0 Å². The Morgan fingerprint density at radius 3 is 1.20 bits per heavy atom. The lowest BCUT2D eigenvalue weighted by Crippen LogP contribution is -2.21. The highest BCUT2D eigenvalue weighted by Gasteiger charge is 1.79. The van der Waals surface area contributed by atoms with E-state index in [1.165, 1.54) is 20.9 Å². The summed E-state index contributed by atoms with van der Waals surface area (Å²) in [4.78, 5) is 12.8. The molecular weight excluding hydrogens is 218 g/mol. The lowest BCUT2D eigenvalue weighted by molar-refractivity contribution is -0.114. The number of aliphatic imine (C=N–C) groups is 1. The highest BCUT2D eigenvalue weighted by molar-refractivity contribution is 7.89. The third-order valence-electron chi connectivity index (χ3n) is 0.258. The second-order valence-corrected chi connectivity index (χ2v) is 4.99. The van der Waals surface area contributed by atoms with Crippen LogP contribution in [0.4, 0.5) is 0 Å². The van der Waals surface area contributed by atoms with Crippen molar-refractivity contribution in [3.63, 3.8) is 0 Å². The summed E-state index contributed by atoms with van der Waals surface area (Å²) in [5, 5.41) is 0. The molecule has 0 fully saturated rings. The molecule has 15 heavy (non-hydrogen) atoms. The van der Waals surface area contributed by atoms with Crippen LogP contribution >= 0.6 is 0 Å². The van der Waals surface area contributed by atoms with Gasteiger partial charge in [0.1, 0.15) is 15.6 Å². The van der Waals surface area contributed by atoms with Crippen LogP contribution in [0, 0.1) is 0 Å². The largest absolute Gasteiger partial charge is 0.370 e. The average molecular weight is 241 g/mol. The summed E-state index contributed by atoms with van der Waals surface area (Å²) in [5.74, 6) is 0.296. The van der Waals surface area contributed by atoms with Crippen molar-refractivity contribution >= 4 is 21.6 Å². The summed E-state index contributed by atoms with van der Waals surface area (Å²) in [5.41, 5.74) is 9.64. The van der Waals surface area contributed by atoms with Crippen LogP contribution in [0.1, 0.15) is 21.3 Å². The van der Waals surface area contributed by atoms with Gasteiger partial charge in [0.2, 0.25) is 0 Å². The number of carbonyl (C=O) groups excluding carboxylic acids is 1. The molecule has 0 unspecified atom stereocenters. The third kappa shape index (κ3) is 1930. The Morgan fingerprint density at radius 1 is 1.13 bits per heavy atom. The summed E-state index contributed by atoms with van der Waals surface area (Å²) in [6, 6.07) is 0. The second-order valence-electron chi connectivity index (χ2n) is 2.70. The molecule has 0 aliphatic carbocycles. The fraction of sp³-hybridized carbons (Fsp3) is 0.750. The maximum Gasteiger partial charge on any atom is 0.185 e. The zero-order chi connectivity index (χ0) is 12.4. The van der Waals surface area contributed by atoms with Gasteiger partial charge in [-0.3, -0.25) is 4.99 Å². The molecular formula is C8H23N3O3S. The number of Topliss-reactive ketones (excluding diaryl/α,β-unsaturated/α-hetero) is 1. The first-order chi connectivity index (χ1) is 6.00. The minimum atomic E-state index is -2.67. The molecule has 0 aromatic carbocycles. The minimum Gasteiger partial charge on any atom is -0.370 e. The van der Waals surface area contributed by atoms with Gasteiger partial charge in [0.05, 0.1) is 0 Å². The molecule has 0 bridgehead atoms. The van der Waals surface area contributed by atoms with E-state index in [1.807, 2.05) is 0 Å². The monoisotopic (exact) mass is 241 g/mol. The minimum absolute atomic E-state index is 0. The van der Waals surface area contributed by atoms with Gasteiger partial charge in [0, 0.05) is 19.6 Å². The van der Waals surface area contributed by atoms with Crippen LogP contribution in [0.2, 0.25) is 0 Å². The number of sulfone groups is 1. The van der Waals surface area contributed by atoms with Gasteiger partial charge in [0.15, 0.2) is 5.96 Å². The van der Waals surface area contributed by atoms with Gasteiger partial charge in [-0.1, -0.05) is 7.43 Å². The van der Waals surface area contributed by atoms with Gasteiger partial charge in [-0.05, 0) is 13.8 Å². The molecule has 0 rings (SSSR count). The predicted octanol–water partition coefficient (Wildman–Crippen LogP) is -0.218. The van der Waals surface area contributed by atoms with Crippen molar-refractivity contribution in [1.29, 1.82) is 0 Å². The Labute approximate surface area is 92.7 Å². The molecule has 0 spiro atoms. The van der Waals surface area contributed by atoms with Gasteiger partial charge in [-0.15, -0.1) is 0 Å². The molecule has 7 heteroatoms. The molecule has 94 valence electrons. The van der Waals surface area contributed by atoms with Crippen LogP contribution in [0.15, 0.2) is 4.99 Å². The number of ketones is 1.